The Bertz CT molecular complexity index is 457. The van der Waals surface area contributed by atoms with E-state index in [1.165, 1.54) is 4.31 Å². The molecule has 0 saturated carbocycles. The van der Waals surface area contributed by atoms with E-state index in [1.807, 2.05) is 6.92 Å². The van der Waals surface area contributed by atoms with Crippen LogP contribution in [0.2, 0.25) is 0 Å². The summed E-state index contributed by atoms with van der Waals surface area (Å²) in [6.07, 6.45) is 1.94. The molecule has 6 nitrogen and oxygen atoms in total. The number of hydrogen-bond donors (Lipinski definition) is 1. The molecule has 114 valence electrons. The van der Waals surface area contributed by atoms with Crippen LogP contribution in [0, 0.1) is 0 Å². The Morgan fingerprint density at radius 3 is 2.26 bits per heavy atom. The molecule has 8 heteroatoms. The standard InChI is InChI=1S/C11H23NO5S2/c1-2-3-6-12(7-8-13)19(16,17)11-4-9-18(14,15)10-5-11/h11,13H,2-10H2,1H3. The van der Waals surface area contributed by atoms with Gasteiger partial charge in [-0.1, -0.05) is 13.3 Å². The smallest absolute Gasteiger partial charge is 0.217 e. The molecule has 1 N–H and O–H groups in total. The molecule has 19 heavy (non-hydrogen) atoms. The molecule has 0 radical (unpaired) electrons. The highest BCUT2D eigenvalue weighted by atomic mass is 32.2. The third kappa shape index (κ3) is 4.70. The second kappa shape index (κ2) is 7.01. The van der Waals surface area contributed by atoms with Crippen LogP contribution >= 0.6 is 0 Å². The zero-order chi connectivity index (χ0) is 14.5. The summed E-state index contributed by atoms with van der Waals surface area (Å²) >= 11 is 0. The maximum absolute atomic E-state index is 12.4. The predicted molar refractivity (Wildman–Crippen MR) is 74.2 cm³/mol. The van der Waals surface area contributed by atoms with Crippen LogP contribution in [0.5, 0.6) is 0 Å². The van der Waals surface area contributed by atoms with Crippen LogP contribution in [0.15, 0.2) is 0 Å². The van der Waals surface area contributed by atoms with E-state index in [0.717, 1.165) is 12.8 Å². The first kappa shape index (κ1) is 16.9. The van der Waals surface area contributed by atoms with Crippen molar-refractivity contribution in [1.29, 1.82) is 0 Å². The van der Waals surface area contributed by atoms with Crippen LogP contribution in [-0.4, -0.2) is 62.7 Å². The molecule has 1 heterocycles. The van der Waals surface area contributed by atoms with E-state index in [2.05, 4.69) is 0 Å². The summed E-state index contributed by atoms with van der Waals surface area (Å²) < 4.78 is 48.8. The minimum atomic E-state index is -3.50. The van der Waals surface area contributed by atoms with E-state index in [1.54, 1.807) is 0 Å². The first-order chi connectivity index (χ1) is 8.83. The fourth-order valence-electron chi connectivity index (χ4n) is 2.19. The number of sulfonamides is 1. The van der Waals surface area contributed by atoms with Crippen molar-refractivity contribution in [2.24, 2.45) is 0 Å². The van der Waals surface area contributed by atoms with Gasteiger partial charge in [-0.3, -0.25) is 0 Å². The van der Waals surface area contributed by atoms with E-state index in [-0.39, 0.29) is 37.5 Å². The summed E-state index contributed by atoms with van der Waals surface area (Å²) in [5.41, 5.74) is 0. The summed E-state index contributed by atoms with van der Waals surface area (Å²) in [5.74, 6) is -0.116. The zero-order valence-corrected chi connectivity index (χ0v) is 12.9. The molecule has 0 aromatic carbocycles. The van der Waals surface area contributed by atoms with Crippen LogP contribution in [0.25, 0.3) is 0 Å². The van der Waals surface area contributed by atoms with Crippen molar-refractivity contribution in [1.82, 2.24) is 4.31 Å². The summed E-state index contributed by atoms with van der Waals surface area (Å²) in [5, 5.41) is 8.35. The average Bonchev–Trinajstić information content (AvgIpc) is 2.33. The molecule has 0 aromatic heterocycles. The first-order valence-corrected chi connectivity index (χ1v) is 9.96. The highest BCUT2D eigenvalue weighted by molar-refractivity contribution is 7.92. The second-order valence-electron chi connectivity index (χ2n) is 4.87. The Balaban J connectivity index is 2.76. The molecule has 1 fully saturated rings. The first-order valence-electron chi connectivity index (χ1n) is 6.63. The third-order valence-corrected chi connectivity index (χ3v) is 7.51. The van der Waals surface area contributed by atoms with Gasteiger partial charge in [0, 0.05) is 13.1 Å². The van der Waals surface area contributed by atoms with E-state index in [4.69, 9.17) is 5.11 Å². The fourth-order valence-corrected chi connectivity index (χ4v) is 5.95. The maximum atomic E-state index is 12.4. The minimum Gasteiger partial charge on any atom is -0.395 e. The van der Waals surface area contributed by atoms with E-state index in [0.29, 0.717) is 6.54 Å². The number of aliphatic hydroxyl groups excluding tert-OH is 1. The Hall–Kier alpha value is -0.180. The highest BCUT2D eigenvalue weighted by Gasteiger charge is 2.36. The average molecular weight is 313 g/mol. The number of sulfone groups is 1. The van der Waals surface area contributed by atoms with Crippen molar-refractivity contribution < 1.29 is 21.9 Å². The van der Waals surface area contributed by atoms with Crippen LogP contribution in [0.1, 0.15) is 32.6 Å². The van der Waals surface area contributed by atoms with Gasteiger partial charge in [-0.2, -0.15) is 4.31 Å². The van der Waals surface area contributed by atoms with Crippen molar-refractivity contribution in [2.75, 3.05) is 31.2 Å². The summed E-state index contributed by atoms with van der Waals surface area (Å²) in [7, 11) is -6.56. The van der Waals surface area contributed by atoms with E-state index >= 15 is 0 Å². The summed E-state index contributed by atoms with van der Waals surface area (Å²) in [6.45, 7) is 2.24. The summed E-state index contributed by atoms with van der Waals surface area (Å²) in [6, 6.07) is 0. The van der Waals surface area contributed by atoms with Gasteiger partial charge in [0.1, 0.15) is 9.84 Å². The Kier molecular flexibility index (Phi) is 6.22. The quantitative estimate of drug-likeness (QED) is 0.713. The number of hydrogen-bond acceptors (Lipinski definition) is 5. The summed E-state index contributed by atoms with van der Waals surface area (Å²) in [4.78, 5) is 0. The van der Waals surface area contributed by atoms with Crippen molar-refractivity contribution in [2.45, 2.75) is 37.9 Å². The van der Waals surface area contributed by atoms with Gasteiger partial charge in [0.15, 0.2) is 0 Å². The predicted octanol–water partition coefficient (Wildman–Crippen LogP) is -0.0122. The van der Waals surface area contributed by atoms with Gasteiger partial charge in [0.05, 0.1) is 23.4 Å². The van der Waals surface area contributed by atoms with Crippen LogP contribution in [0.3, 0.4) is 0 Å². The lowest BCUT2D eigenvalue weighted by atomic mass is 10.2. The zero-order valence-electron chi connectivity index (χ0n) is 11.3. The van der Waals surface area contributed by atoms with Crippen LogP contribution in [0.4, 0.5) is 0 Å². The van der Waals surface area contributed by atoms with E-state index in [9.17, 15) is 16.8 Å². The molecular weight excluding hydrogens is 290 g/mol. The monoisotopic (exact) mass is 313 g/mol. The van der Waals surface area contributed by atoms with Gasteiger partial charge in [-0.25, -0.2) is 16.8 Å². The molecular formula is C11H23NO5S2. The van der Waals surface area contributed by atoms with E-state index < -0.39 is 25.1 Å². The van der Waals surface area contributed by atoms with Crippen LogP contribution in [-0.2, 0) is 19.9 Å². The fraction of sp³-hybridized carbons (Fsp3) is 1.00. The number of unbranched alkanes of at least 4 members (excludes halogenated alkanes) is 1. The molecule has 1 rings (SSSR count). The molecule has 0 aromatic rings. The Morgan fingerprint density at radius 1 is 1.21 bits per heavy atom. The molecule has 0 atom stereocenters. The van der Waals surface area contributed by atoms with Gasteiger partial charge in [0.2, 0.25) is 10.0 Å². The number of rotatable bonds is 7. The van der Waals surface area contributed by atoms with Gasteiger partial charge in [-0.15, -0.1) is 0 Å². The molecule has 0 amide bonds. The van der Waals surface area contributed by atoms with Crippen LogP contribution < -0.4 is 0 Å². The van der Waals surface area contributed by atoms with Gasteiger partial charge < -0.3 is 5.11 Å². The third-order valence-electron chi connectivity index (χ3n) is 3.39. The minimum absolute atomic E-state index is 0.0579. The molecule has 0 spiro atoms. The highest BCUT2D eigenvalue weighted by Crippen LogP contribution is 2.22. The van der Waals surface area contributed by atoms with Gasteiger partial charge >= 0.3 is 0 Å². The molecule has 0 aliphatic carbocycles. The topological polar surface area (TPSA) is 91.8 Å². The lowest BCUT2D eigenvalue weighted by molar-refractivity contribution is 0.251. The molecule has 1 saturated heterocycles. The second-order valence-corrected chi connectivity index (χ2v) is 9.39. The van der Waals surface area contributed by atoms with Gasteiger partial charge in [-0.05, 0) is 19.3 Å². The van der Waals surface area contributed by atoms with Gasteiger partial charge in [0.25, 0.3) is 0 Å². The van der Waals surface area contributed by atoms with Crippen molar-refractivity contribution in [3.8, 4) is 0 Å². The Labute approximate surface area is 115 Å². The molecule has 1 aliphatic rings. The van der Waals surface area contributed by atoms with Crippen molar-refractivity contribution >= 4 is 19.9 Å². The normalized spacial score (nSPS) is 20.8. The maximum Gasteiger partial charge on any atom is 0.217 e. The molecule has 0 unspecified atom stereocenters. The lowest BCUT2D eigenvalue weighted by Crippen LogP contribution is -2.44. The number of nitrogens with zero attached hydrogens (tertiary/aromatic N) is 1. The van der Waals surface area contributed by atoms with Crippen molar-refractivity contribution in [3.63, 3.8) is 0 Å². The Morgan fingerprint density at radius 2 is 1.79 bits per heavy atom. The molecule has 0 bridgehead atoms. The largest absolute Gasteiger partial charge is 0.395 e. The van der Waals surface area contributed by atoms with Crippen molar-refractivity contribution in [3.05, 3.63) is 0 Å². The SMILES string of the molecule is CCCCN(CCO)S(=O)(=O)C1CCS(=O)(=O)CC1. The molecule has 1 aliphatic heterocycles. The number of aliphatic hydroxyl groups is 1. The lowest BCUT2D eigenvalue weighted by Gasteiger charge is -2.29.